The van der Waals surface area contributed by atoms with Crippen molar-refractivity contribution in [1.29, 1.82) is 0 Å². The van der Waals surface area contributed by atoms with Crippen LogP contribution in [0.4, 0.5) is 13.2 Å². The Bertz CT molecular complexity index is 653. The molecule has 0 amide bonds. The zero-order valence-electron chi connectivity index (χ0n) is 11.8. The van der Waals surface area contributed by atoms with Crippen LogP contribution in [0.5, 0.6) is 0 Å². The zero-order valence-corrected chi connectivity index (χ0v) is 11.8. The SMILES string of the molecule is OC(C#Cc1ccccc1)(CCc1ccccc1)C(F)(F)F. The van der Waals surface area contributed by atoms with Crippen molar-refractivity contribution < 1.29 is 18.3 Å². The normalized spacial score (nSPS) is 13.8. The lowest BCUT2D eigenvalue weighted by atomic mass is 9.94. The van der Waals surface area contributed by atoms with Gasteiger partial charge in [-0.15, -0.1) is 0 Å². The lowest BCUT2D eigenvalue weighted by Crippen LogP contribution is -2.44. The molecule has 0 aromatic heterocycles. The predicted molar refractivity (Wildman–Crippen MR) is 79.1 cm³/mol. The van der Waals surface area contributed by atoms with Crippen molar-refractivity contribution in [3.63, 3.8) is 0 Å². The van der Waals surface area contributed by atoms with Crippen LogP contribution >= 0.6 is 0 Å². The first-order valence-corrected chi connectivity index (χ1v) is 6.82. The highest BCUT2D eigenvalue weighted by molar-refractivity contribution is 5.36. The topological polar surface area (TPSA) is 20.2 Å². The van der Waals surface area contributed by atoms with E-state index < -0.39 is 18.2 Å². The maximum Gasteiger partial charge on any atom is 0.428 e. The standard InChI is InChI=1S/C18H15F3O/c19-18(20,21)17(22,13-11-15-7-3-1-4-8-15)14-12-16-9-5-2-6-10-16/h1-10,22H,11,13H2. The van der Waals surface area contributed by atoms with Crippen LogP contribution in [0.25, 0.3) is 0 Å². The fraction of sp³-hybridized carbons (Fsp3) is 0.222. The molecule has 2 aromatic carbocycles. The van der Waals surface area contributed by atoms with Crippen LogP contribution in [-0.2, 0) is 6.42 Å². The van der Waals surface area contributed by atoms with E-state index in [9.17, 15) is 18.3 Å². The lowest BCUT2D eigenvalue weighted by Gasteiger charge is -2.25. The Hall–Kier alpha value is -2.25. The quantitative estimate of drug-likeness (QED) is 0.851. The molecule has 0 spiro atoms. The average molecular weight is 304 g/mol. The molecular weight excluding hydrogens is 289 g/mol. The van der Waals surface area contributed by atoms with Crippen molar-refractivity contribution >= 4 is 0 Å². The van der Waals surface area contributed by atoms with Crippen molar-refractivity contribution in [2.24, 2.45) is 0 Å². The number of alkyl halides is 3. The van der Waals surface area contributed by atoms with Gasteiger partial charge in [-0.3, -0.25) is 0 Å². The number of hydrogen-bond acceptors (Lipinski definition) is 1. The third kappa shape index (κ3) is 4.12. The minimum Gasteiger partial charge on any atom is -0.370 e. The molecule has 2 rings (SSSR count). The Morgan fingerprint density at radius 1 is 0.864 bits per heavy atom. The van der Waals surface area contributed by atoms with E-state index in [1.807, 2.05) is 5.92 Å². The first-order valence-electron chi connectivity index (χ1n) is 6.82. The molecule has 0 heterocycles. The molecule has 0 bridgehead atoms. The third-order valence-electron chi connectivity index (χ3n) is 3.27. The summed E-state index contributed by atoms with van der Waals surface area (Å²) in [4.78, 5) is 0. The molecule has 0 aliphatic rings. The van der Waals surface area contributed by atoms with Crippen LogP contribution in [0.2, 0.25) is 0 Å². The second-order valence-corrected chi connectivity index (χ2v) is 4.96. The highest BCUT2D eigenvalue weighted by Gasteiger charge is 2.52. The molecule has 1 unspecified atom stereocenters. The van der Waals surface area contributed by atoms with Crippen molar-refractivity contribution in [1.82, 2.24) is 0 Å². The Balaban J connectivity index is 2.20. The molecule has 0 aliphatic carbocycles. The predicted octanol–water partition coefficient (Wildman–Crippen LogP) is 3.96. The average Bonchev–Trinajstić information content (AvgIpc) is 2.52. The highest BCUT2D eigenvalue weighted by Crippen LogP contribution is 2.33. The van der Waals surface area contributed by atoms with Crippen molar-refractivity contribution in [2.45, 2.75) is 24.6 Å². The smallest absolute Gasteiger partial charge is 0.370 e. The van der Waals surface area contributed by atoms with Crippen molar-refractivity contribution in [3.8, 4) is 11.8 Å². The molecular formula is C18H15F3O. The summed E-state index contributed by atoms with van der Waals surface area (Å²) in [6, 6.07) is 17.0. The van der Waals surface area contributed by atoms with Crippen LogP contribution in [-0.4, -0.2) is 16.9 Å². The molecule has 2 aromatic rings. The molecule has 4 heteroatoms. The van der Waals surface area contributed by atoms with Gasteiger partial charge < -0.3 is 5.11 Å². The summed E-state index contributed by atoms with van der Waals surface area (Å²) in [6.45, 7) is 0. The minimum absolute atomic E-state index is 0.0975. The van der Waals surface area contributed by atoms with E-state index in [0.717, 1.165) is 5.56 Å². The van der Waals surface area contributed by atoms with Gasteiger partial charge in [0.15, 0.2) is 0 Å². The number of hydrogen-bond donors (Lipinski definition) is 1. The summed E-state index contributed by atoms with van der Waals surface area (Å²) in [7, 11) is 0. The molecule has 0 radical (unpaired) electrons. The van der Waals surface area contributed by atoms with Crippen molar-refractivity contribution in [2.75, 3.05) is 0 Å². The van der Waals surface area contributed by atoms with E-state index >= 15 is 0 Å². The first kappa shape index (κ1) is 16.1. The lowest BCUT2D eigenvalue weighted by molar-refractivity contribution is -0.237. The molecule has 1 N–H and O–H groups in total. The van der Waals surface area contributed by atoms with E-state index in [-0.39, 0.29) is 6.42 Å². The van der Waals surface area contributed by atoms with E-state index in [4.69, 9.17) is 0 Å². The van der Waals surface area contributed by atoms with Gasteiger partial charge in [0.2, 0.25) is 5.60 Å². The maximum absolute atomic E-state index is 13.2. The second-order valence-electron chi connectivity index (χ2n) is 4.96. The number of benzene rings is 2. The Kier molecular flexibility index (Phi) is 4.89. The fourth-order valence-corrected chi connectivity index (χ4v) is 1.94. The largest absolute Gasteiger partial charge is 0.428 e. The van der Waals surface area contributed by atoms with E-state index in [0.29, 0.717) is 5.56 Å². The molecule has 22 heavy (non-hydrogen) atoms. The number of halogens is 3. The van der Waals surface area contributed by atoms with E-state index in [1.54, 1.807) is 60.7 Å². The van der Waals surface area contributed by atoms with Crippen LogP contribution in [0, 0.1) is 11.8 Å². The number of aliphatic hydroxyl groups is 1. The Morgan fingerprint density at radius 2 is 1.41 bits per heavy atom. The van der Waals surface area contributed by atoms with E-state index in [2.05, 4.69) is 5.92 Å². The monoisotopic (exact) mass is 304 g/mol. The van der Waals surface area contributed by atoms with E-state index in [1.165, 1.54) is 0 Å². The van der Waals surface area contributed by atoms with Gasteiger partial charge in [0, 0.05) is 12.0 Å². The Labute approximate surface area is 127 Å². The summed E-state index contributed by atoms with van der Waals surface area (Å²) >= 11 is 0. The van der Waals surface area contributed by atoms with Crippen LogP contribution in [0.3, 0.4) is 0 Å². The molecule has 1 nitrogen and oxygen atoms in total. The molecule has 0 fully saturated rings. The van der Waals surface area contributed by atoms with Gasteiger partial charge in [0.1, 0.15) is 0 Å². The minimum atomic E-state index is -4.80. The molecule has 0 saturated carbocycles. The molecule has 1 atom stereocenters. The second kappa shape index (κ2) is 6.67. The van der Waals surface area contributed by atoms with Gasteiger partial charge >= 0.3 is 6.18 Å². The van der Waals surface area contributed by atoms with Crippen molar-refractivity contribution in [3.05, 3.63) is 71.8 Å². The summed E-state index contributed by atoms with van der Waals surface area (Å²) < 4.78 is 39.5. The summed E-state index contributed by atoms with van der Waals surface area (Å²) in [5.74, 6) is 4.41. The highest BCUT2D eigenvalue weighted by atomic mass is 19.4. The van der Waals surface area contributed by atoms with Crippen LogP contribution < -0.4 is 0 Å². The van der Waals surface area contributed by atoms with Gasteiger partial charge in [0.05, 0.1) is 0 Å². The fourth-order valence-electron chi connectivity index (χ4n) is 1.94. The molecule has 0 saturated heterocycles. The molecule has 0 aliphatic heterocycles. The van der Waals surface area contributed by atoms with Crippen LogP contribution in [0.1, 0.15) is 17.5 Å². The number of aryl methyl sites for hydroxylation is 1. The van der Waals surface area contributed by atoms with Gasteiger partial charge in [-0.1, -0.05) is 60.4 Å². The van der Waals surface area contributed by atoms with Crippen LogP contribution in [0.15, 0.2) is 60.7 Å². The van der Waals surface area contributed by atoms with Gasteiger partial charge in [-0.2, -0.15) is 13.2 Å². The molecule has 114 valence electrons. The first-order chi connectivity index (χ1) is 10.4. The van der Waals surface area contributed by atoms with Gasteiger partial charge in [-0.25, -0.2) is 0 Å². The van der Waals surface area contributed by atoms with Gasteiger partial charge in [0.25, 0.3) is 0 Å². The summed E-state index contributed by atoms with van der Waals surface area (Å²) in [6.07, 6.45) is -5.20. The summed E-state index contributed by atoms with van der Waals surface area (Å²) in [5, 5.41) is 9.97. The van der Waals surface area contributed by atoms with Gasteiger partial charge in [-0.05, 0) is 24.1 Å². The summed E-state index contributed by atoms with van der Waals surface area (Å²) in [5.41, 5.74) is -1.85. The zero-order chi connectivity index (χ0) is 16.1. The third-order valence-corrected chi connectivity index (χ3v) is 3.27. The maximum atomic E-state index is 13.2. The Morgan fingerprint density at radius 3 is 1.95 bits per heavy atom. The number of rotatable bonds is 3.